The predicted molar refractivity (Wildman–Crippen MR) is 288 cm³/mol. The number of hydrogen-bond donors (Lipinski definition) is 0. The maximum atomic E-state index is 12.8. The van der Waals surface area contributed by atoms with Crippen molar-refractivity contribution in [2.24, 2.45) is 0 Å². The molecule has 382 valence electrons. The second-order valence-electron chi connectivity index (χ2n) is 18.1. The Bertz CT molecular complexity index is 1350. The summed E-state index contributed by atoms with van der Waals surface area (Å²) < 4.78 is 16.8. The first-order chi connectivity index (χ1) is 33.0. The van der Waals surface area contributed by atoms with Gasteiger partial charge in [0, 0.05) is 19.3 Å². The summed E-state index contributed by atoms with van der Waals surface area (Å²) in [5, 5.41) is 0. The van der Waals surface area contributed by atoms with Crippen molar-refractivity contribution in [3.63, 3.8) is 0 Å². The molecule has 0 aliphatic carbocycles. The van der Waals surface area contributed by atoms with Gasteiger partial charge in [0.1, 0.15) is 13.2 Å². The fourth-order valence-corrected chi connectivity index (χ4v) is 7.44. The van der Waals surface area contributed by atoms with Crippen molar-refractivity contribution in [2.45, 2.75) is 258 Å². The minimum absolute atomic E-state index is 0.0939. The van der Waals surface area contributed by atoms with Crippen molar-refractivity contribution < 1.29 is 28.6 Å². The molecule has 6 nitrogen and oxygen atoms in total. The quantitative estimate of drug-likeness (QED) is 0.0262. The molecule has 0 N–H and O–H groups in total. The van der Waals surface area contributed by atoms with E-state index in [0.717, 1.165) is 116 Å². The van der Waals surface area contributed by atoms with Gasteiger partial charge in [-0.05, 0) is 116 Å². The molecule has 0 aliphatic heterocycles. The minimum atomic E-state index is -0.798. The van der Waals surface area contributed by atoms with Crippen LogP contribution >= 0.6 is 0 Å². The topological polar surface area (TPSA) is 78.9 Å². The Kier molecular flexibility index (Phi) is 51.9. The van der Waals surface area contributed by atoms with Gasteiger partial charge in [0.2, 0.25) is 0 Å². The van der Waals surface area contributed by atoms with Crippen LogP contribution in [-0.2, 0) is 28.6 Å². The van der Waals surface area contributed by atoms with E-state index in [9.17, 15) is 14.4 Å². The van der Waals surface area contributed by atoms with Gasteiger partial charge >= 0.3 is 17.9 Å². The van der Waals surface area contributed by atoms with Crippen molar-refractivity contribution in [2.75, 3.05) is 13.2 Å². The van der Waals surface area contributed by atoms with Gasteiger partial charge in [-0.2, -0.15) is 0 Å². The van der Waals surface area contributed by atoms with Gasteiger partial charge in [0.15, 0.2) is 6.10 Å². The van der Waals surface area contributed by atoms with Crippen LogP contribution < -0.4 is 0 Å². The average molecular weight is 931 g/mol. The lowest BCUT2D eigenvalue weighted by Gasteiger charge is -2.18. The number of esters is 3. The van der Waals surface area contributed by atoms with E-state index < -0.39 is 6.10 Å². The van der Waals surface area contributed by atoms with Crippen LogP contribution in [0, 0.1) is 0 Å². The van der Waals surface area contributed by atoms with Crippen LogP contribution in [0.25, 0.3) is 0 Å². The largest absolute Gasteiger partial charge is 0.462 e. The summed E-state index contributed by atoms with van der Waals surface area (Å²) in [6.45, 7) is 6.36. The average Bonchev–Trinajstić information content (AvgIpc) is 3.33. The third-order valence-electron chi connectivity index (χ3n) is 11.6. The molecule has 0 amide bonds. The first-order valence-corrected chi connectivity index (χ1v) is 27.7. The molecular formula is C61H102O6. The Balaban J connectivity index is 4.42. The number of unbranched alkanes of at least 4 members (excludes halogenated alkanes) is 22. The molecular weight excluding hydrogens is 829 g/mol. The van der Waals surface area contributed by atoms with Gasteiger partial charge in [-0.1, -0.05) is 214 Å². The van der Waals surface area contributed by atoms with E-state index in [0.29, 0.717) is 19.3 Å². The van der Waals surface area contributed by atoms with Gasteiger partial charge in [-0.15, -0.1) is 0 Å². The zero-order valence-corrected chi connectivity index (χ0v) is 43.6. The molecule has 1 unspecified atom stereocenters. The summed E-state index contributed by atoms with van der Waals surface area (Å²) in [6.07, 6.45) is 72.5. The molecule has 0 fully saturated rings. The van der Waals surface area contributed by atoms with E-state index in [1.807, 2.05) is 0 Å². The van der Waals surface area contributed by atoms with Crippen LogP contribution in [0.1, 0.15) is 252 Å². The Hall–Kier alpha value is -3.67. The maximum absolute atomic E-state index is 12.8. The smallest absolute Gasteiger partial charge is 0.306 e. The Morgan fingerprint density at radius 3 is 0.925 bits per heavy atom. The highest BCUT2D eigenvalue weighted by Gasteiger charge is 2.19. The molecule has 0 aliphatic rings. The molecule has 0 rings (SSSR count). The second-order valence-corrected chi connectivity index (χ2v) is 18.1. The van der Waals surface area contributed by atoms with E-state index in [1.54, 1.807) is 0 Å². The second kappa shape index (κ2) is 54.9. The molecule has 0 bridgehead atoms. The van der Waals surface area contributed by atoms with Gasteiger partial charge < -0.3 is 14.2 Å². The summed E-state index contributed by atoms with van der Waals surface area (Å²) in [5.41, 5.74) is 0. The predicted octanol–water partition coefficient (Wildman–Crippen LogP) is 18.5. The molecule has 0 saturated heterocycles. The monoisotopic (exact) mass is 931 g/mol. The van der Waals surface area contributed by atoms with E-state index in [-0.39, 0.29) is 31.1 Å². The van der Waals surface area contributed by atoms with Gasteiger partial charge in [-0.25, -0.2) is 0 Å². The summed E-state index contributed by atoms with van der Waals surface area (Å²) in [6, 6.07) is 0. The number of rotatable bonds is 49. The van der Waals surface area contributed by atoms with Crippen LogP contribution in [-0.4, -0.2) is 37.2 Å². The van der Waals surface area contributed by atoms with Crippen LogP contribution in [0.2, 0.25) is 0 Å². The van der Waals surface area contributed by atoms with Crippen molar-refractivity contribution in [1.29, 1.82) is 0 Å². The third-order valence-corrected chi connectivity index (χ3v) is 11.6. The third kappa shape index (κ3) is 53.2. The molecule has 0 spiro atoms. The molecule has 0 aromatic rings. The normalized spacial score (nSPS) is 12.8. The van der Waals surface area contributed by atoms with Gasteiger partial charge in [0.05, 0.1) is 0 Å². The highest BCUT2D eigenvalue weighted by molar-refractivity contribution is 5.71. The highest BCUT2D eigenvalue weighted by atomic mass is 16.6. The molecule has 0 heterocycles. The van der Waals surface area contributed by atoms with Crippen LogP contribution in [0.3, 0.4) is 0 Å². The fourth-order valence-electron chi connectivity index (χ4n) is 7.44. The Morgan fingerprint density at radius 1 is 0.313 bits per heavy atom. The Labute approximate surface area is 413 Å². The number of carbonyl (C=O) groups excluding carboxylic acids is 3. The molecule has 0 saturated carbocycles. The molecule has 67 heavy (non-hydrogen) atoms. The molecule has 0 aromatic carbocycles. The lowest BCUT2D eigenvalue weighted by Crippen LogP contribution is -2.30. The number of allylic oxidation sites excluding steroid dienone is 16. The zero-order chi connectivity index (χ0) is 48.6. The van der Waals surface area contributed by atoms with Gasteiger partial charge in [0.25, 0.3) is 0 Å². The summed E-state index contributed by atoms with van der Waals surface area (Å²) in [4.78, 5) is 38.1. The first-order valence-electron chi connectivity index (χ1n) is 27.7. The standard InChI is InChI=1S/C61H102O6/c1-4-7-10-13-16-19-22-25-27-29-30-32-33-36-39-42-45-48-51-54-60(63)66-57-58(56-65-59(62)53-50-47-44-41-38-35-24-21-18-15-12-9-6-3)67-61(64)55-52-49-46-43-40-37-34-31-28-26-23-20-17-14-11-8-5-2/h8-9,11-12,16-21,25-28,35,38,58H,4-7,10,13-15,22-24,29-34,36-37,39-57H2,1-3H3/b11-8-,12-9-,19-16-,20-17-,21-18-,27-25-,28-26-,38-35-. The summed E-state index contributed by atoms with van der Waals surface area (Å²) in [7, 11) is 0. The zero-order valence-electron chi connectivity index (χ0n) is 43.6. The van der Waals surface area contributed by atoms with Crippen molar-refractivity contribution in [3.05, 3.63) is 97.2 Å². The Morgan fingerprint density at radius 2 is 0.582 bits per heavy atom. The van der Waals surface area contributed by atoms with Crippen molar-refractivity contribution in [3.8, 4) is 0 Å². The lowest BCUT2D eigenvalue weighted by molar-refractivity contribution is -0.167. The van der Waals surface area contributed by atoms with Crippen molar-refractivity contribution in [1.82, 2.24) is 0 Å². The SMILES string of the molecule is CC/C=C\C/C=C\C/C=C\CCCCCCCCCC(=O)OC(COC(=O)CCCCC/C=C\C/C=C\C/C=C\CC)COC(=O)CCCCCCCCCCC/C=C\C/C=C\CCCCC. The van der Waals surface area contributed by atoms with Crippen LogP contribution in [0.4, 0.5) is 0 Å². The van der Waals surface area contributed by atoms with Crippen LogP contribution in [0.15, 0.2) is 97.2 Å². The molecule has 6 heteroatoms. The highest BCUT2D eigenvalue weighted by Crippen LogP contribution is 2.14. The van der Waals surface area contributed by atoms with Crippen molar-refractivity contribution >= 4 is 17.9 Å². The number of carbonyl (C=O) groups is 3. The number of ether oxygens (including phenoxy) is 3. The number of hydrogen-bond acceptors (Lipinski definition) is 6. The van der Waals surface area contributed by atoms with Crippen LogP contribution in [0.5, 0.6) is 0 Å². The van der Waals surface area contributed by atoms with E-state index in [2.05, 4.69) is 118 Å². The van der Waals surface area contributed by atoms with Gasteiger partial charge in [-0.3, -0.25) is 14.4 Å². The fraction of sp³-hybridized carbons (Fsp3) is 0.689. The summed E-state index contributed by atoms with van der Waals surface area (Å²) in [5.74, 6) is -0.937. The molecule has 1 atom stereocenters. The van der Waals surface area contributed by atoms with E-state index in [1.165, 1.54) is 96.3 Å². The molecule has 0 radical (unpaired) electrons. The van der Waals surface area contributed by atoms with E-state index >= 15 is 0 Å². The minimum Gasteiger partial charge on any atom is -0.462 e. The van der Waals surface area contributed by atoms with E-state index in [4.69, 9.17) is 14.2 Å². The summed E-state index contributed by atoms with van der Waals surface area (Å²) >= 11 is 0. The first kappa shape index (κ1) is 63.3. The lowest BCUT2D eigenvalue weighted by atomic mass is 10.1. The molecule has 0 aromatic heterocycles. The maximum Gasteiger partial charge on any atom is 0.306 e.